The van der Waals surface area contributed by atoms with Crippen molar-refractivity contribution in [2.45, 2.75) is 13.0 Å². The van der Waals surface area contributed by atoms with Crippen LogP contribution in [0.15, 0.2) is 6.33 Å². The van der Waals surface area contributed by atoms with Gasteiger partial charge in [0.25, 0.3) is 0 Å². The predicted octanol–water partition coefficient (Wildman–Crippen LogP) is 0.400. The Bertz CT molecular complexity index is 464. The first-order valence-corrected chi connectivity index (χ1v) is 5.02. The Morgan fingerprint density at radius 1 is 1.50 bits per heavy atom. The van der Waals surface area contributed by atoms with Crippen molar-refractivity contribution in [3.63, 3.8) is 0 Å². The summed E-state index contributed by atoms with van der Waals surface area (Å²) in [6.07, 6.45) is 1.16. The maximum atomic E-state index is 11.2. The van der Waals surface area contributed by atoms with Gasteiger partial charge in [0.2, 0.25) is 11.6 Å². The van der Waals surface area contributed by atoms with Crippen LogP contribution in [0.2, 0.25) is 0 Å². The fourth-order valence-electron chi connectivity index (χ4n) is 1.28. The van der Waals surface area contributed by atoms with Crippen LogP contribution in [0.1, 0.15) is 6.92 Å². The van der Waals surface area contributed by atoms with Gasteiger partial charge in [-0.3, -0.25) is 10.1 Å². The van der Waals surface area contributed by atoms with Gasteiger partial charge < -0.3 is 15.4 Å². The minimum atomic E-state index is -0.756. The van der Waals surface area contributed by atoms with Gasteiger partial charge in [-0.15, -0.1) is 0 Å². The number of hydrogen-bond donors (Lipinski definition) is 2. The third-order valence-corrected chi connectivity index (χ3v) is 2.15. The number of hydrogen-bond acceptors (Lipinski definition) is 8. The maximum Gasteiger partial charge on any atom is 0.353 e. The number of nitrogens with one attached hydrogen (secondary N) is 2. The number of ether oxygens (including phenoxy) is 1. The van der Waals surface area contributed by atoms with Crippen molar-refractivity contribution in [2.24, 2.45) is 0 Å². The Morgan fingerprint density at radius 3 is 2.61 bits per heavy atom. The summed E-state index contributed by atoms with van der Waals surface area (Å²) in [5, 5.41) is 16.1. The molecule has 0 spiro atoms. The van der Waals surface area contributed by atoms with Gasteiger partial charge in [-0.05, 0) is 6.92 Å². The summed E-state index contributed by atoms with van der Waals surface area (Å²) in [5.41, 5.74) is -0.323. The number of esters is 1. The topological polar surface area (TPSA) is 119 Å². The van der Waals surface area contributed by atoms with E-state index in [-0.39, 0.29) is 17.3 Å². The van der Waals surface area contributed by atoms with E-state index in [1.807, 2.05) is 0 Å². The Hall–Kier alpha value is -2.45. The lowest BCUT2D eigenvalue weighted by molar-refractivity contribution is -0.383. The first-order chi connectivity index (χ1) is 8.51. The summed E-state index contributed by atoms with van der Waals surface area (Å²) in [6, 6.07) is -0.756. The normalized spacial score (nSPS) is 11.5. The number of aromatic nitrogens is 2. The largest absolute Gasteiger partial charge is 0.467 e. The molecule has 0 amide bonds. The molecular formula is C9H13N5O4. The van der Waals surface area contributed by atoms with Crippen molar-refractivity contribution in [3.05, 3.63) is 16.4 Å². The van der Waals surface area contributed by atoms with E-state index in [2.05, 4.69) is 25.3 Å². The van der Waals surface area contributed by atoms with Crippen LogP contribution in [-0.4, -0.2) is 41.1 Å². The SMILES string of the molecule is CNc1ncnc(NC(C)C(=O)OC)c1[N+](=O)[O-]. The maximum absolute atomic E-state index is 11.2. The molecule has 0 aliphatic rings. The first-order valence-electron chi connectivity index (χ1n) is 5.02. The molecule has 2 N–H and O–H groups in total. The van der Waals surface area contributed by atoms with Crippen LogP contribution in [0, 0.1) is 10.1 Å². The molecule has 9 heteroatoms. The standard InChI is InChI=1S/C9H13N5O4/c1-5(9(15)18-3)13-8-6(14(16)17)7(10-2)11-4-12-8/h4-5H,1-3H3,(H2,10,11,12,13). The van der Waals surface area contributed by atoms with Gasteiger partial charge in [0.15, 0.2) is 0 Å². The zero-order chi connectivity index (χ0) is 13.7. The van der Waals surface area contributed by atoms with E-state index in [0.29, 0.717) is 0 Å². The molecular weight excluding hydrogens is 242 g/mol. The molecule has 9 nitrogen and oxygen atoms in total. The van der Waals surface area contributed by atoms with Gasteiger partial charge in [0.1, 0.15) is 12.4 Å². The molecule has 0 radical (unpaired) electrons. The predicted molar refractivity (Wildman–Crippen MR) is 63.3 cm³/mol. The summed E-state index contributed by atoms with van der Waals surface area (Å²) in [5.74, 6) is -0.527. The van der Waals surface area contributed by atoms with Crippen molar-refractivity contribution >= 4 is 23.3 Å². The Labute approximate surface area is 103 Å². The number of carbonyl (C=O) groups excluding carboxylic acids is 1. The molecule has 1 heterocycles. The third kappa shape index (κ3) is 2.81. The van der Waals surface area contributed by atoms with Crippen LogP contribution in [-0.2, 0) is 9.53 Å². The summed E-state index contributed by atoms with van der Waals surface area (Å²) in [6.45, 7) is 1.51. The van der Waals surface area contributed by atoms with E-state index in [0.717, 1.165) is 6.33 Å². The molecule has 1 aromatic heterocycles. The highest BCUT2D eigenvalue weighted by Crippen LogP contribution is 2.28. The third-order valence-electron chi connectivity index (χ3n) is 2.15. The van der Waals surface area contributed by atoms with Gasteiger partial charge in [0.05, 0.1) is 12.0 Å². The van der Waals surface area contributed by atoms with Crippen LogP contribution < -0.4 is 10.6 Å². The number of methoxy groups -OCH3 is 1. The van der Waals surface area contributed by atoms with Crippen molar-refractivity contribution in [2.75, 3.05) is 24.8 Å². The number of anilines is 2. The second kappa shape index (κ2) is 5.75. The number of rotatable bonds is 5. The molecule has 0 saturated carbocycles. The highest BCUT2D eigenvalue weighted by molar-refractivity contribution is 5.80. The van der Waals surface area contributed by atoms with Crippen LogP contribution in [0.25, 0.3) is 0 Å². The van der Waals surface area contributed by atoms with Crippen molar-refractivity contribution < 1.29 is 14.5 Å². The molecule has 0 aliphatic heterocycles. The second-order valence-corrected chi connectivity index (χ2v) is 3.32. The molecule has 18 heavy (non-hydrogen) atoms. The Balaban J connectivity index is 3.09. The fraction of sp³-hybridized carbons (Fsp3) is 0.444. The number of carbonyl (C=O) groups is 1. The average molecular weight is 255 g/mol. The van der Waals surface area contributed by atoms with Gasteiger partial charge in [0, 0.05) is 7.05 Å². The Kier molecular flexibility index (Phi) is 4.35. The van der Waals surface area contributed by atoms with Crippen LogP contribution in [0.4, 0.5) is 17.3 Å². The van der Waals surface area contributed by atoms with Crippen molar-refractivity contribution in [1.82, 2.24) is 9.97 Å². The molecule has 98 valence electrons. The highest BCUT2D eigenvalue weighted by atomic mass is 16.6. The molecule has 1 unspecified atom stereocenters. The molecule has 1 aromatic rings. The van der Waals surface area contributed by atoms with Gasteiger partial charge in [-0.25, -0.2) is 14.8 Å². The minimum Gasteiger partial charge on any atom is -0.467 e. The monoisotopic (exact) mass is 255 g/mol. The van der Waals surface area contributed by atoms with E-state index < -0.39 is 16.9 Å². The Morgan fingerprint density at radius 2 is 2.11 bits per heavy atom. The average Bonchev–Trinajstić information content (AvgIpc) is 2.36. The summed E-state index contributed by atoms with van der Waals surface area (Å²) >= 11 is 0. The van der Waals surface area contributed by atoms with E-state index in [9.17, 15) is 14.9 Å². The van der Waals surface area contributed by atoms with Crippen LogP contribution in [0.5, 0.6) is 0 Å². The first kappa shape index (κ1) is 13.6. The lowest BCUT2D eigenvalue weighted by atomic mass is 10.3. The zero-order valence-electron chi connectivity index (χ0n) is 10.1. The van der Waals surface area contributed by atoms with Crippen molar-refractivity contribution in [1.29, 1.82) is 0 Å². The summed E-state index contributed by atoms with van der Waals surface area (Å²) in [7, 11) is 2.73. The minimum absolute atomic E-state index is 0.0442. The lowest BCUT2D eigenvalue weighted by Gasteiger charge is -2.12. The smallest absolute Gasteiger partial charge is 0.353 e. The molecule has 1 rings (SSSR count). The van der Waals surface area contributed by atoms with Gasteiger partial charge in [-0.2, -0.15) is 0 Å². The van der Waals surface area contributed by atoms with E-state index in [1.165, 1.54) is 21.1 Å². The van der Waals surface area contributed by atoms with E-state index in [4.69, 9.17) is 0 Å². The molecule has 0 fully saturated rings. The fourth-order valence-corrected chi connectivity index (χ4v) is 1.28. The van der Waals surface area contributed by atoms with Gasteiger partial charge >= 0.3 is 11.7 Å². The molecule has 0 aromatic carbocycles. The van der Waals surface area contributed by atoms with Crippen LogP contribution in [0.3, 0.4) is 0 Å². The van der Waals surface area contributed by atoms with Crippen LogP contribution >= 0.6 is 0 Å². The summed E-state index contributed by atoms with van der Waals surface area (Å²) in [4.78, 5) is 29.0. The molecule has 0 aliphatic carbocycles. The number of nitrogens with zero attached hydrogens (tertiary/aromatic N) is 3. The molecule has 0 bridgehead atoms. The molecule has 0 saturated heterocycles. The zero-order valence-corrected chi connectivity index (χ0v) is 10.1. The van der Waals surface area contributed by atoms with E-state index in [1.54, 1.807) is 0 Å². The molecule has 1 atom stereocenters. The lowest BCUT2D eigenvalue weighted by Crippen LogP contribution is -2.28. The highest BCUT2D eigenvalue weighted by Gasteiger charge is 2.25. The van der Waals surface area contributed by atoms with E-state index >= 15 is 0 Å². The van der Waals surface area contributed by atoms with Gasteiger partial charge in [-0.1, -0.05) is 0 Å². The quantitative estimate of drug-likeness (QED) is 0.440. The van der Waals surface area contributed by atoms with Crippen molar-refractivity contribution in [3.8, 4) is 0 Å². The summed E-state index contributed by atoms with van der Waals surface area (Å²) < 4.78 is 4.51. The number of nitro groups is 1. The second-order valence-electron chi connectivity index (χ2n) is 3.32.